The van der Waals surface area contributed by atoms with Crippen LogP contribution in [0.1, 0.15) is 0 Å². The van der Waals surface area contributed by atoms with E-state index in [2.05, 4.69) is 187 Å². The molecule has 13 rings (SSSR count). The number of para-hydroxylation sites is 2. The topological polar surface area (TPSA) is 56.7 Å². The predicted octanol–water partition coefficient (Wildman–Crippen LogP) is 14.5. The van der Waals surface area contributed by atoms with Gasteiger partial charge in [-0.2, -0.15) is 0 Å². The van der Waals surface area contributed by atoms with Gasteiger partial charge in [-0.1, -0.05) is 146 Å². The van der Waals surface area contributed by atoms with E-state index in [1.807, 2.05) is 12.1 Å². The Balaban J connectivity index is 1.08. The molecule has 0 bridgehead atoms. The quantitative estimate of drug-likeness (QED) is 0.167. The van der Waals surface area contributed by atoms with Crippen molar-refractivity contribution in [3.05, 3.63) is 194 Å². The van der Waals surface area contributed by atoms with Gasteiger partial charge in [-0.3, -0.25) is 0 Å². The smallest absolute Gasteiger partial charge is 0.164 e. The maximum Gasteiger partial charge on any atom is 0.164 e. The van der Waals surface area contributed by atoms with E-state index in [1.165, 1.54) is 37.7 Å². The van der Waals surface area contributed by atoms with Crippen LogP contribution in [0.2, 0.25) is 0 Å². The van der Waals surface area contributed by atoms with Gasteiger partial charge < -0.3 is 8.98 Å². The Hall–Kier alpha value is -8.15. The summed E-state index contributed by atoms with van der Waals surface area (Å²) in [6, 6.07) is 68.6. The van der Waals surface area contributed by atoms with E-state index in [0.29, 0.717) is 17.5 Å². The molecule has 0 saturated carbocycles. The molecule has 0 fully saturated rings. The van der Waals surface area contributed by atoms with Crippen molar-refractivity contribution in [1.29, 1.82) is 0 Å². The SMILES string of the molecule is c1ccc2cc(-c3nc(-c4ccc5c(ccc6ccccc65)c4)nc(-c4ccc(-n5c6ccccc6c6cc7ccccc7cc65)c5oc6ccccc6c45)n3)ccc2c1. The maximum absolute atomic E-state index is 6.92. The number of nitrogens with zero attached hydrogens (tertiary/aromatic N) is 4. The monoisotopic (exact) mass is 764 g/mol. The molecule has 0 atom stereocenters. The van der Waals surface area contributed by atoms with Crippen LogP contribution >= 0.6 is 0 Å². The van der Waals surface area contributed by atoms with Crippen LogP contribution in [-0.2, 0) is 0 Å². The fraction of sp³-hybridized carbons (Fsp3) is 0. The summed E-state index contributed by atoms with van der Waals surface area (Å²) in [6.07, 6.45) is 0. The molecule has 0 aliphatic rings. The van der Waals surface area contributed by atoms with Gasteiger partial charge in [-0.25, -0.2) is 15.0 Å². The van der Waals surface area contributed by atoms with E-state index in [-0.39, 0.29) is 0 Å². The second-order valence-corrected chi connectivity index (χ2v) is 15.6. The fourth-order valence-corrected chi connectivity index (χ4v) is 9.33. The van der Waals surface area contributed by atoms with Crippen LogP contribution in [0.5, 0.6) is 0 Å². The molecule has 0 saturated heterocycles. The summed E-state index contributed by atoms with van der Waals surface area (Å²) in [6.45, 7) is 0. The van der Waals surface area contributed by atoms with Gasteiger partial charge in [0, 0.05) is 38.2 Å². The van der Waals surface area contributed by atoms with Crippen LogP contribution < -0.4 is 0 Å². The Morgan fingerprint density at radius 1 is 0.350 bits per heavy atom. The third kappa shape index (κ3) is 4.96. The van der Waals surface area contributed by atoms with Gasteiger partial charge in [0.15, 0.2) is 23.1 Å². The summed E-state index contributed by atoms with van der Waals surface area (Å²) in [5, 5.41) is 13.8. The van der Waals surface area contributed by atoms with Crippen molar-refractivity contribution in [2.45, 2.75) is 0 Å². The van der Waals surface area contributed by atoms with Crippen molar-refractivity contribution in [2.75, 3.05) is 0 Å². The number of rotatable bonds is 4. The molecule has 13 aromatic rings. The highest BCUT2D eigenvalue weighted by Gasteiger charge is 2.23. The molecule has 60 heavy (non-hydrogen) atoms. The van der Waals surface area contributed by atoms with E-state index >= 15 is 0 Å². The maximum atomic E-state index is 6.92. The molecule has 0 aliphatic carbocycles. The minimum Gasteiger partial charge on any atom is -0.454 e. The highest BCUT2D eigenvalue weighted by Crippen LogP contribution is 2.43. The lowest BCUT2D eigenvalue weighted by Gasteiger charge is -2.13. The highest BCUT2D eigenvalue weighted by molar-refractivity contribution is 6.18. The Kier molecular flexibility index (Phi) is 6.95. The second-order valence-electron chi connectivity index (χ2n) is 15.6. The molecular weight excluding hydrogens is 733 g/mol. The van der Waals surface area contributed by atoms with Crippen LogP contribution in [-0.4, -0.2) is 19.5 Å². The van der Waals surface area contributed by atoms with E-state index in [9.17, 15) is 0 Å². The summed E-state index contributed by atoms with van der Waals surface area (Å²) < 4.78 is 9.28. The molecule has 0 aliphatic heterocycles. The highest BCUT2D eigenvalue weighted by atomic mass is 16.3. The zero-order chi connectivity index (χ0) is 39.3. The van der Waals surface area contributed by atoms with Gasteiger partial charge in [0.1, 0.15) is 5.58 Å². The molecule has 0 radical (unpaired) electrons. The van der Waals surface area contributed by atoms with Crippen molar-refractivity contribution < 1.29 is 4.42 Å². The van der Waals surface area contributed by atoms with Gasteiger partial charge in [-0.05, 0) is 91.6 Å². The zero-order valence-corrected chi connectivity index (χ0v) is 32.2. The Bertz CT molecular complexity index is 3910. The minimum absolute atomic E-state index is 0.582. The van der Waals surface area contributed by atoms with Crippen molar-refractivity contribution in [2.24, 2.45) is 0 Å². The molecule has 0 spiro atoms. The minimum atomic E-state index is 0.582. The van der Waals surface area contributed by atoms with Crippen LogP contribution in [0, 0.1) is 0 Å². The Morgan fingerprint density at radius 3 is 1.73 bits per heavy atom. The van der Waals surface area contributed by atoms with Crippen LogP contribution in [0.4, 0.5) is 0 Å². The first-order valence-electron chi connectivity index (χ1n) is 20.3. The largest absolute Gasteiger partial charge is 0.454 e. The molecule has 5 heteroatoms. The van der Waals surface area contributed by atoms with Crippen molar-refractivity contribution in [3.63, 3.8) is 0 Å². The first-order valence-corrected chi connectivity index (χ1v) is 20.3. The lowest BCUT2D eigenvalue weighted by Crippen LogP contribution is -2.01. The summed E-state index contributed by atoms with van der Waals surface area (Å²) in [5.41, 5.74) is 7.49. The Morgan fingerprint density at radius 2 is 0.917 bits per heavy atom. The summed E-state index contributed by atoms with van der Waals surface area (Å²) in [4.78, 5) is 15.8. The Labute approximate surface area is 343 Å². The average Bonchev–Trinajstić information content (AvgIpc) is 3.86. The van der Waals surface area contributed by atoms with Gasteiger partial charge in [-0.15, -0.1) is 0 Å². The molecule has 0 amide bonds. The predicted molar refractivity (Wildman–Crippen MR) is 248 cm³/mol. The van der Waals surface area contributed by atoms with Crippen molar-refractivity contribution >= 4 is 86.8 Å². The van der Waals surface area contributed by atoms with Crippen LogP contribution in [0.3, 0.4) is 0 Å². The van der Waals surface area contributed by atoms with E-state index in [0.717, 1.165) is 71.5 Å². The fourth-order valence-electron chi connectivity index (χ4n) is 9.33. The van der Waals surface area contributed by atoms with Gasteiger partial charge in [0.25, 0.3) is 0 Å². The average molecular weight is 765 g/mol. The number of hydrogen-bond donors (Lipinski definition) is 0. The third-order valence-corrected chi connectivity index (χ3v) is 12.2. The van der Waals surface area contributed by atoms with Crippen molar-refractivity contribution in [1.82, 2.24) is 19.5 Å². The zero-order valence-electron chi connectivity index (χ0n) is 32.2. The first kappa shape index (κ1) is 32.9. The van der Waals surface area contributed by atoms with E-state index < -0.39 is 0 Å². The standard InChI is InChI=1S/C55H32N4O/c1-2-13-35-29-39(24-21-33(35)11-1)53-56-54(40-25-26-42-38(30-40)23-22-34-12-5-6-16-41(34)42)58-55(57-53)45-27-28-48(52-51(45)44-18-8-10-20-50(44)60-52)59-47-19-9-7-17-43(47)46-31-36-14-3-4-15-37(36)32-49(46)59/h1-32H. The van der Waals surface area contributed by atoms with Crippen LogP contribution in [0.15, 0.2) is 199 Å². The van der Waals surface area contributed by atoms with Crippen molar-refractivity contribution in [3.8, 4) is 39.9 Å². The summed E-state index contributed by atoms with van der Waals surface area (Å²) in [5.74, 6) is 1.80. The normalized spacial score (nSPS) is 12.0. The van der Waals surface area contributed by atoms with Gasteiger partial charge in [0.05, 0.1) is 16.7 Å². The van der Waals surface area contributed by atoms with Crippen LogP contribution in [0.25, 0.3) is 127 Å². The number of furan rings is 1. The molecule has 3 aromatic heterocycles. The number of benzene rings is 10. The lowest BCUT2D eigenvalue weighted by atomic mass is 10.00. The first-order chi connectivity index (χ1) is 29.7. The van der Waals surface area contributed by atoms with Gasteiger partial charge >= 0.3 is 0 Å². The molecule has 278 valence electrons. The second kappa shape index (κ2) is 12.7. The molecular formula is C55H32N4O. The number of hydrogen-bond acceptors (Lipinski definition) is 4. The number of fused-ring (bicyclic) bond motifs is 11. The van der Waals surface area contributed by atoms with Gasteiger partial charge in [0.2, 0.25) is 0 Å². The van der Waals surface area contributed by atoms with E-state index in [4.69, 9.17) is 19.4 Å². The van der Waals surface area contributed by atoms with E-state index in [1.54, 1.807) is 0 Å². The molecule has 5 nitrogen and oxygen atoms in total. The number of aromatic nitrogens is 4. The summed E-state index contributed by atoms with van der Waals surface area (Å²) in [7, 11) is 0. The lowest BCUT2D eigenvalue weighted by molar-refractivity contribution is 0.666. The summed E-state index contributed by atoms with van der Waals surface area (Å²) >= 11 is 0. The molecule has 3 heterocycles. The molecule has 0 N–H and O–H groups in total. The molecule has 10 aromatic carbocycles. The molecule has 0 unspecified atom stereocenters. The third-order valence-electron chi connectivity index (χ3n) is 12.2.